The summed E-state index contributed by atoms with van der Waals surface area (Å²) in [5.41, 5.74) is 0.930. The average Bonchev–Trinajstić information content (AvgIpc) is 2.44. The average molecular weight is 265 g/mol. The summed E-state index contributed by atoms with van der Waals surface area (Å²) in [5, 5.41) is 0. The van der Waals surface area contributed by atoms with E-state index < -0.39 is 0 Å². The number of methoxy groups -OCH3 is 2. The lowest BCUT2D eigenvalue weighted by molar-refractivity contribution is -0.143. The lowest BCUT2D eigenvalue weighted by atomic mass is 10.2. The summed E-state index contributed by atoms with van der Waals surface area (Å²) in [6.45, 7) is 0.448. The molecule has 0 radical (unpaired) electrons. The maximum atomic E-state index is 11.8. The van der Waals surface area contributed by atoms with Crippen molar-refractivity contribution < 1.29 is 19.1 Å². The first kappa shape index (κ1) is 15.0. The summed E-state index contributed by atoms with van der Waals surface area (Å²) in [5.74, 6) is 0.269. The zero-order chi connectivity index (χ0) is 14.3. The van der Waals surface area contributed by atoms with Crippen LogP contribution in [0.25, 0.3) is 0 Å². The van der Waals surface area contributed by atoms with Gasteiger partial charge >= 0.3 is 5.97 Å². The first-order valence-corrected chi connectivity index (χ1v) is 6.01. The number of carbonyl (C=O) groups excluding carboxylic acids is 2. The van der Waals surface area contributed by atoms with Gasteiger partial charge in [0.05, 0.1) is 20.6 Å². The molecular weight excluding hydrogens is 246 g/mol. The summed E-state index contributed by atoms with van der Waals surface area (Å²) in [6, 6.07) is 7.52. The highest BCUT2D eigenvalue weighted by Crippen LogP contribution is 2.19. The van der Waals surface area contributed by atoms with Crippen LogP contribution in [0.15, 0.2) is 24.3 Å². The van der Waals surface area contributed by atoms with E-state index in [2.05, 4.69) is 4.74 Å². The Morgan fingerprint density at radius 1 is 1.16 bits per heavy atom. The van der Waals surface area contributed by atoms with Crippen molar-refractivity contribution in [1.82, 2.24) is 4.90 Å². The summed E-state index contributed by atoms with van der Waals surface area (Å²) in [4.78, 5) is 24.4. The third kappa shape index (κ3) is 4.62. The largest absolute Gasteiger partial charge is 0.496 e. The second kappa shape index (κ2) is 7.41. The quantitative estimate of drug-likeness (QED) is 0.733. The summed E-state index contributed by atoms with van der Waals surface area (Å²) >= 11 is 0. The normalized spacial score (nSPS) is 9.84. The van der Waals surface area contributed by atoms with E-state index in [-0.39, 0.29) is 24.7 Å². The number of esters is 1. The van der Waals surface area contributed by atoms with Crippen molar-refractivity contribution in [3.8, 4) is 5.75 Å². The van der Waals surface area contributed by atoms with Crippen LogP contribution in [0.3, 0.4) is 0 Å². The van der Waals surface area contributed by atoms with Crippen molar-refractivity contribution in [2.45, 2.75) is 19.4 Å². The topological polar surface area (TPSA) is 55.8 Å². The Morgan fingerprint density at radius 2 is 1.84 bits per heavy atom. The van der Waals surface area contributed by atoms with Crippen molar-refractivity contribution in [2.75, 3.05) is 21.3 Å². The monoisotopic (exact) mass is 265 g/mol. The SMILES string of the molecule is COC(=O)CCC(=O)N(C)Cc1ccccc1OC. The number of nitrogens with zero attached hydrogens (tertiary/aromatic N) is 1. The zero-order valence-electron chi connectivity index (χ0n) is 11.5. The van der Waals surface area contributed by atoms with E-state index in [4.69, 9.17) is 4.74 Å². The number of para-hydroxylation sites is 1. The van der Waals surface area contributed by atoms with E-state index >= 15 is 0 Å². The van der Waals surface area contributed by atoms with Gasteiger partial charge in [0, 0.05) is 25.6 Å². The molecule has 5 nitrogen and oxygen atoms in total. The van der Waals surface area contributed by atoms with Crippen molar-refractivity contribution in [1.29, 1.82) is 0 Å². The predicted octanol–water partition coefficient (Wildman–Crippen LogP) is 1.61. The molecule has 0 fully saturated rings. The molecule has 0 unspecified atom stereocenters. The number of rotatable bonds is 6. The van der Waals surface area contributed by atoms with Gasteiger partial charge in [0.15, 0.2) is 0 Å². The highest BCUT2D eigenvalue weighted by molar-refractivity contribution is 5.81. The van der Waals surface area contributed by atoms with Crippen molar-refractivity contribution in [3.63, 3.8) is 0 Å². The van der Waals surface area contributed by atoms with E-state index in [1.165, 1.54) is 7.11 Å². The molecule has 0 aliphatic rings. The first-order chi connectivity index (χ1) is 9.08. The highest BCUT2D eigenvalue weighted by atomic mass is 16.5. The fourth-order valence-electron chi connectivity index (χ4n) is 1.68. The van der Waals surface area contributed by atoms with Crippen molar-refractivity contribution >= 4 is 11.9 Å². The molecule has 1 rings (SSSR count). The Morgan fingerprint density at radius 3 is 2.47 bits per heavy atom. The van der Waals surface area contributed by atoms with Gasteiger partial charge in [-0.2, -0.15) is 0 Å². The molecule has 1 aromatic carbocycles. The van der Waals surface area contributed by atoms with Gasteiger partial charge < -0.3 is 14.4 Å². The van der Waals surface area contributed by atoms with Crippen molar-refractivity contribution in [3.05, 3.63) is 29.8 Å². The van der Waals surface area contributed by atoms with Crippen LogP contribution in [0.4, 0.5) is 0 Å². The second-order valence-electron chi connectivity index (χ2n) is 4.14. The Balaban J connectivity index is 2.56. The fraction of sp³-hybridized carbons (Fsp3) is 0.429. The predicted molar refractivity (Wildman–Crippen MR) is 70.7 cm³/mol. The molecule has 0 aliphatic carbocycles. The van der Waals surface area contributed by atoms with Gasteiger partial charge in [0.1, 0.15) is 5.75 Å². The molecule has 0 heterocycles. The van der Waals surface area contributed by atoms with E-state index in [0.29, 0.717) is 6.54 Å². The summed E-state index contributed by atoms with van der Waals surface area (Å²) in [6.07, 6.45) is 0.254. The standard InChI is InChI=1S/C14H19NO4/c1-15(13(16)8-9-14(17)19-3)10-11-6-4-5-7-12(11)18-2/h4-7H,8-10H2,1-3H3. The van der Waals surface area contributed by atoms with Gasteiger partial charge in [-0.15, -0.1) is 0 Å². The van der Waals surface area contributed by atoms with Crippen LogP contribution in [0.1, 0.15) is 18.4 Å². The molecule has 1 aromatic rings. The third-order valence-electron chi connectivity index (χ3n) is 2.80. The van der Waals surface area contributed by atoms with Crippen LogP contribution in [0, 0.1) is 0 Å². The highest BCUT2D eigenvalue weighted by Gasteiger charge is 2.13. The molecule has 0 aliphatic heterocycles. The van der Waals surface area contributed by atoms with Crippen LogP contribution >= 0.6 is 0 Å². The molecule has 104 valence electrons. The van der Waals surface area contributed by atoms with Gasteiger partial charge in [0.2, 0.25) is 5.91 Å². The van der Waals surface area contributed by atoms with Gasteiger partial charge in [-0.25, -0.2) is 0 Å². The van der Waals surface area contributed by atoms with Gasteiger partial charge in [0.25, 0.3) is 0 Å². The number of ether oxygens (including phenoxy) is 2. The van der Waals surface area contributed by atoms with Gasteiger partial charge in [-0.1, -0.05) is 18.2 Å². The van der Waals surface area contributed by atoms with E-state index in [1.807, 2.05) is 24.3 Å². The van der Waals surface area contributed by atoms with E-state index in [1.54, 1.807) is 19.1 Å². The number of hydrogen-bond donors (Lipinski definition) is 0. The molecule has 0 N–H and O–H groups in total. The number of carbonyl (C=O) groups is 2. The smallest absolute Gasteiger partial charge is 0.306 e. The van der Waals surface area contributed by atoms with Crippen LogP contribution in [0.2, 0.25) is 0 Å². The third-order valence-corrected chi connectivity index (χ3v) is 2.80. The Labute approximate surface area is 113 Å². The van der Waals surface area contributed by atoms with Crippen LogP contribution in [-0.2, 0) is 20.9 Å². The number of amides is 1. The van der Waals surface area contributed by atoms with Crippen LogP contribution in [0.5, 0.6) is 5.75 Å². The summed E-state index contributed by atoms with van der Waals surface area (Å²) < 4.78 is 9.73. The second-order valence-corrected chi connectivity index (χ2v) is 4.14. The van der Waals surface area contributed by atoms with Crippen LogP contribution in [-0.4, -0.2) is 38.0 Å². The van der Waals surface area contributed by atoms with Gasteiger partial charge in [-0.3, -0.25) is 9.59 Å². The zero-order valence-corrected chi connectivity index (χ0v) is 11.5. The molecule has 1 amide bonds. The minimum absolute atomic E-state index is 0.101. The maximum absolute atomic E-state index is 11.8. The Kier molecular flexibility index (Phi) is 5.85. The molecule has 5 heteroatoms. The molecule has 0 saturated heterocycles. The first-order valence-electron chi connectivity index (χ1n) is 6.01. The Hall–Kier alpha value is -2.04. The molecule has 0 spiro atoms. The molecular formula is C14H19NO4. The molecule has 0 aromatic heterocycles. The molecule has 0 saturated carbocycles. The summed E-state index contributed by atoms with van der Waals surface area (Å²) in [7, 11) is 4.61. The van der Waals surface area contributed by atoms with E-state index in [0.717, 1.165) is 11.3 Å². The fourth-order valence-corrected chi connectivity index (χ4v) is 1.68. The maximum Gasteiger partial charge on any atom is 0.306 e. The number of benzene rings is 1. The minimum Gasteiger partial charge on any atom is -0.496 e. The minimum atomic E-state index is -0.376. The lowest BCUT2D eigenvalue weighted by Gasteiger charge is -2.18. The molecule has 19 heavy (non-hydrogen) atoms. The van der Waals surface area contributed by atoms with Crippen molar-refractivity contribution in [2.24, 2.45) is 0 Å². The van der Waals surface area contributed by atoms with Gasteiger partial charge in [-0.05, 0) is 6.07 Å². The lowest BCUT2D eigenvalue weighted by Crippen LogP contribution is -2.26. The number of hydrogen-bond acceptors (Lipinski definition) is 4. The Bertz CT molecular complexity index is 445. The van der Waals surface area contributed by atoms with E-state index in [9.17, 15) is 9.59 Å². The van der Waals surface area contributed by atoms with Crippen LogP contribution < -0.4 is 4.74 Å². The molecule has 0 atom stereocenters. The molecule has 0 bridgehead atoms.